The van der Waals surface area contributed by atoms with Crippen LogP contribution in [0.1, 0.15) is 24.8 Å². The van der Waals surface area contributed by atoms with Gasteiger partial charge < -0.3 is 20.1 Å². The molecule has 8 heteroatoms. The fraction of sp³-hybridized carbons (Fsp3) is 0.522. The Balaban J connectivity index is 1.26. The molecule has 4 atom stereocenters. The topological polar surface area (TPSA) is 97.0 Å². The average molecular weight is 428 g/mol. The lowest BCUT2D eigenvalue weighted by Gasteiger charge is -2.19. The van der Waals surface area contributed by atoms with E-state index in [-0.39, 0.29) is 24.8 Å². The van der Waals surface area contributed by atoms with Crippen LogP contribution in [0.15, 0.2) is 30.4 Å². The number of carbonyl (C=O) groups is 3. The van der Waals surface area contributed by atoms with Gasteiger partial charge in [0.25, 0.3) is 5.91 Å². The molecule has 4 amide bonds. The van der Waals surface area contributed by atoms with Gasteiger partial charge >= 0.3 is 6.03 Å². The molecule has 1 aromatic carbocycles. The van der Waals surface area contributed by atoms with Crippen LogP contribution in [0, 0.1) is 17.8 Å². The maximum absolute atomic E-state index is 12.7. The van der Waals surface area contributed by atoms with Crippen LogP contribution < -0.4 is 20.1 Å². The molecule has 8 nitrogen and oxygen atoms in total. The van der Waals surface area contributed by atoms with Crippen molar-refractivity contribution >= 4 is 17.8 Å². The second kappa shape index (κ2) is 8.99. The van der Waals surface area contributed by atoms with Crippen LogP contribution >= 0.6 is 0 Å². The minimum Gasteiger partial charge on any atom is -0.493 e. The van der Waals surface area contributed by atoms with Gasteiger partial charge in [0.15, 0.2) is 11.5 Å². The molecular weight excluding hydrogens is 398 g/mol. The number of allylic oxidation sites excluding steroid dienone is 2. The molecule has 0 unspecified atom stereocenters. The zero-order chi connectivity index (χ0) is 22.0. The van der Waals surface area contributed by atoms with E-state index in [1.54, 1.807) is 20.3 Å². The van der Waals surface area contributed by atoms with Crippen molar-refractivity contribution in [3.05, 3.63) is 35.9 Å². The first-order chi connectivity index (χ1) is 15.0. The predicted octanol–water partition coefficient (Wildman–Crippen LogP) is 1.89. The number of fused-ring (bicyclic) bond motifs is 2. The number of methoxy groups -OCH3 is 2. The van der Waals surface area contributed by atoms with Crippen molar-refractivity contribution in [3.63, 3.8) is 0 Å². The van der Waals surface area contributed by atoms with Gasteiger partial charge in [0.1, 0.15) is 6.04 Å². The van der Waals surface area contributed by atoms with Gasteiger partial charge in [-0.3, -0.25) is 14.5 Å². The molecule has 1 aliphatic heterocycles. The first-order valence-corrected chi connectivity index (χ1v) is 10.8. The van der Waals surface area contributed by atoms with Crippen molar-refractivity contribution < 1.29 is 23.9 Å². The number of carbonyl (C=O) groups excluding carboxylic acids is 3. The zero-order valence-corrected chi connectivity index (χ0v) is 17.9. The molecule has 0 spiro atoms. The maximum Gasteiger partial charge on any atom is 0.324 e. The van der Waals surface area contributed by atoms with Gasteiger partial charge in [0.2, 0.25) is 5.91 Å². The van der Waals surface area contributed by atoms with Crippen LogP contribution in [0.3, 0.4) is 0 Å². The van der Waals surface area contributed by atoms with Gasteiger partial charge in [-0.05, 0) is 54.7 Å². The summed E-state index contributed by atoms with van der Waals surface area (Å²) in [6.45, 7) is 0.859. The first-order valence-electron chi connectivity index (χ1n) is 10.8. The fourth-order valence-electron chi connectivity index (χ4n) is 4.84. The van der Waals surface area contributed by atoms with Gasteiger partial charge in [-0.25, -0.2) is 4.79 Å². The minimum absolute atomic E-state index is 0.0336. The highest BCUT2D eigenvalue weighted by Crippen LogP contribution is 2.42. The Morgan fingerprint density at radius 1 is 1.16 bits per heavy atom. The Labute approximate surface area is 181 Å². The van der Waals surface area contributed by atoms with E-state index in [0.29, 0.717) is 42.2 Å². The van der Waals surface area contributed by atoms with E-state index >= 15 is 0 Å². The van der Waals surface area contributed by atoms with E-state index in [0.717, 1.165) is 12.0 Å². The van der Waals surface area contributed by atoms with E-state index in [4.69, 9.17) is 9.47 Å². The Morgan fingerprint density at radius 3 is 2.65 bits per heavy atom. The second-order valence-corrected chi connectivity index (χ2v) is 8.48. The summed E-state index contributed by atoms with van der Waals surface area (Å²) < 4.78 is 10.5. The number of ether oxygens (including phenoxy) is 2. The number of nitrogens with one attached hydrogen (secondary N) is 2. The van der Waals surface area contributed by atoms with E-state index < -0.39 is 12.1 Å². The number of imide groups is 1. The van der Waals surface area contributed by atoms with Gasteiger partial charge in [-0.1, -0.05) is 18.2 Å². The zero-order valence-electron chi connectivity index (χ0n) is 17.9. The largest absolute Gasteiger partial charge is 0.493 e. The van der Waals surface area contributed by atoms with Crippen LogP contribution in [0.4, 0.5) is 4.79 Å². The third-order valence-electron chi connectivity index (χ3n) is 6.55. The number of hydrogen-bond donors (Lipinski definition) is 2. The van der Waals surface area contributed by atoms with Crippen LogP contribution in [0.2, 0.25) is 0 Å². The van der Waals surface area contributed by atoms with Gasteiger partial charge in [-0.2, -0.15) is 0 Å². The molecule has 2 bridgehead atoms. The summed E-state index contributed by atoms with van der Waals surface area (Å²) in [6.07, 6.45) is 7.27. The quantitative estimate of drug-likeness (QED) is 0.463. The van der Waals surface area contributed by atoms with Crippen molar-refractivity contribution in [2.45, 2.75) is 31.7 Å². The van der Waals surface area contributed by atoms with Gasteiger partial charge in [-0.15, -0.1) is 0 Å². The summed E-state index contributed by atoms with van der Waals surface area (Å²) in [7, 11) is 3.12. The molecule has 1 aromatic rings. The summed E-state index contributed by atoms with van der Waals surface area (Å²) in [4.78, 5) is 38.5. The monoisotopic (exact) mass is 427 g/mol. The standard InChI is InChI=1S/C23H29N3O5/c1-30-19-6-4-14(11-20(19)31-2)7-8-26-22(28)18(25-23(26)29)12-21(27)24-13-17-10-15-3-5-16(17)9-15/h3-6,11,15-18H,7-10,12-13H2,1-2H3,(H,24,27)(H,25,29)/t15-,16-,17-,18-/m0/s1. The third-order valence-corrected chi connectivity index (χ3v) is 6.55. The molecule has 4 rings (SSSR count). The van der Waals surface area contributed by atoms with Crippen molar-refractivity contribution in [2.24, 2.45) is 17.8 Å². The predicted molar refractivity (Wildman–Crippen MR) is 114 cm³/mol. The minimum atomic E-state index is -0.808. The first kappa shape index (κ1) is 21.2. The third kappa shape index (κ3) is 4.52. The van der Waals surface area contributed by atoms with E-state index in [1.165, 1.54) is 11.3 Å². The molecule has 2 fully saturated rings. The number of benzene rings is 1. The Bertz CT molecular complexity index is 899. The van der Waals surface area contributed by atoms with Crippen molar-refractivity contribution in [1.29, 1.82) is 0 Å². The summed E-state index contributed by atoms with van der Waals surface area (Å²) >= 11 is 0. The van der Waals surface area contributed by atoms with Crippen molar-refractivity contribution in [2.75, 3.05) is 27.3 Å². The lowest BCUT2D eigenvalue weighted by atomic mass is 9.93. The fourth-order valence-corrected chi connectivity index (χ4v) is 4.84. The Kier molecular flexibility index (Phi) is 6.15. The molecule has 2 aliphatic carbocycles. The molecule has 0 aromatic heterocycles. The van der Waals surface area contributed by atoms with Crippen LogP contribution in [0.25, 0.3) is 0 Å². The van der Waals surface area contributed by atoms with Crippen molar-refractivity contribution in [3.8, 4) is 11.5 Å². The second-order valence-electron chi connectivity index (χ2n) is 8.48. The summed E-state index contributed by atoms with van der Waals surface area (Å²) in [5, 5.41) is 5.58. The Hall–Kier alpha value is -3.03. The van der Waals surface area contributed by atoms with Gasteiger partial charge in [0.05, 0.1) is 20.6 Å². The molecule has 1 saturated carbocycles. The summed E-state index contributed by atoms with van der Waals surface area (Å²) in [6, 6.07) is 4.22. The molecule has 1 saturated heterocycles. The highest BCUT2D eigenvalue weighted by Gasteiger charge is 2.39. The van der Waals surface area contributed by atoms with Crippen LogP contribution in [0.5, 0.6) is 11.5 Å². The number of nitrogens with zero attached hydrogens (tertiary/aromatic N) is 1. The number of rotatable bonds is 9. The molecule has 2 N–H and O–H groups in total. The highest BCUT2D eigenvalue weighted by atomic mass is 16.5. The van der Waals surface area contributed by atoms with E-state index in [1.807, 2.05) is 12.1 Å². The smallest absolute Gasteiger partial charge is 0.324 e. The molecule has 166 valence electrons. The molecular formula is C23H29N3O5. The lowest BCUT2D eigenvalue weighted by molar-refractivity contribution is -0.130. The van der Waals surface area contributed by atoms with Crippen LogP contribution in [-0.2, 0) is 16.0 Å². The lowest BCUT2D eigenvalue weighted by Crippen LogP contribution is -2.38. The molecule has 0 radical (unpaired) electrons. The number of hydrogen-bond acceptors (Lipinski definition) is 5. The van der Waals surface area contributed by atoms with E-state index in [2.05, 4.69) is 22.8 Å². The SMILES string of the molecule is COc1ccc(CCN2C(=O)N[C@@H](CC(=O)NC[C@@H]3C[C@H]4C=C[C@H]3C4)C2=O)cc1OC. The normalized spacial score (nSPS) is 26.3. The Morgan fingerprint density at radius 2 is 1.97 bits per heavy atom. The number of urea groups is 1. The van der Waals surface area contributed by atoms with Crippen LogP contribution in [-0.4, -0.2) is 56.1 Å². The molecule has 31 heavy (non-hydrogen) atoms. The average Bonchev–Trinajstić information content (AvgIpc) is 3.46. The van der Waals surface area contributed by atoms with Gasteiger partial charge in [0, 0.05) is 13.1 Å². The maximum atomic E-state index is 12.7. The van der Waals surface area contributed by atoms with Crippen molar-refractivity contribution in [1.82, 2.24) is 15.5 Å². The van der Waals surface area contributed by atoms with E-state index in [9.17, 15) is 14.4 Å². The highest BCUT2D eigenvalue weighted by molar-refractivity contribution is 6.05. The molecule has 1 heterocycles. The summed E-state index contributed by atoms with van der Waals surface area (Å²) in [5.41, 5.74) is 0.916. The summed E-state index contributed by atoms with van der Waals surface area (Å²) in [5.74, 6) is 2.35. The number of amides is 4. The molecule has 3 aliphatic rings.